The average molecular weight is 341 g/mol. The largest absolute Gasteiger partial charge is 0.349 e. The number of sulfonamides is 1. The molecule has 7 heteroatoms. The summed E-state index contributed by atoms with van der Waals surface area (Å²) in [7, 11) is -3.74. The van der Waals surface area contributed by atoms with Gasteiger partial charge in [0, 0.05) is 17.3 Å². The molecular formula is C17H15N3O3S. The summed E-state index contributed by atoms with van der Waals surface area (Å²) in [5.74, 6) is -0.154. The van der Waals surface area contributed by atoms with E-state index in [0.717, 1.165) is 12.8 Å². The third kappa shape index (κ3) is 3.73. The van der Waals surface area contributed by atoms with Crippen molar-refractivity contribution in [2.45, 2.75) is 23.8 Å². The molecule has 122 valence electrons. The smallest absolute Gasteiger partial charge is 0.261 e. The molecule has 6 nitrogen and oxygen atoms in total. The molecule has 3 rings (SSSR count). The Balaban J connectivity index is 1.72. The highest BCUT2D eigenvalue weighted by molar-refractivity contribution is 7.92. The van der Waals surface area contributed by atoms with Crippen LogP contribution in [0.4, 0.5) is 5.69 Å². The Kier molecular flexibility index (Phi) is 4.23. The highest BCUT2D eigenvalue weighted by atomic mass is 32.2. The minimum Gasteiger partial charge on any atom is -0.349 e. The first-order valence-corrected chi connectivity index (χ1v) is 8.90. The average Bonchev–Trinajstić information content (AvgIpc) is 3.39. The second kappa shape index (κ2) is 6.34. The van der Waals surface area contributed by atoms with Crippen molar-refractivity contribution in [1.82, 2.24) is 5.32 Å². The Bertz CT molecular complexity index is 894. The number of nitriles is 1. The van der Waals surface area contributed by atoms with E-state index in [0.29, 0.717) is 16.8 Å². The van der Waals surface area contributed by atoms with Gasteiger partial charge in [0.05, 0.1) is 16.5 Å². The molecule has 1 aliphatic rings. The molecule has 0 aromatic heterocycles. The molecule has 0 unspecified atom stereocenters. The van der Waals surface area contributed by atoms with Gasteiger partial charge in [-0.2, -0.15) is 5.26 Å². The number of nitrogens with zero attached hydrogens (tertiary/aromatic N) is 1. The van der Waals surface area contributed by atoms with E-state index >= 15 is 0 Å². The van der Waals surface area contributed by atoms with E-state index in [-0.39, 0.29) is 16.8 Å². The SMILES string of the molecule is N#Cc1ccc(S(=O)(=O)Nc2ccc(C(=O)NC3CC3)cc2)cc1. The van der Waals surface area contributed by atoms with Crippen LogP contribution in [0.3, 0.4) is 0 Å². The van der Waals surface area contributed by atoms with Gasteiger partial charge in [-0.25, -0.2) is 8.42 Å². The third-order valence-electron chi connectivity index (χ3n) is 3.61. The molecule has 0 saturated heterocycles. The second-order valence-electron chi connectivity index (χ2n) is 5.57. The van der Waals surface area contributed by atoms with Gasteiger partial charge in [-0.05, 0) is 61.4 Å². The van der Waals surface area contributed by atoms with Gasteiger partial charge >= 0.3 is 0 Å². The van der Waals surface area contributed by atoms with Crippen LogP contribution < -0.4 is 10.0 Å². The molecule has 2 aromatic carbocycles. The van der Waals surface area contributed by atoms with Gasteiger partial charge in [0.15, 0.2) is 0 Å². The topological polar surface area (TPSA) is 99.1 Å². The molecular weight excluding hydrogens is 326 g/mol. The van der Waals surface area contributed by atoms with E-state index in [2.05, 4.69) is 10.0 Å². The van der Waals surface area contributed by atoms with Crippen molar-refractivity contribution < 1.29 is 13.2 Å². The Morgan fingerprint density at radius 3 is 2.21 bits per heavy atom. The zero-order chi connectivity index (χ0) is 17.2. The van der Waals surface area contributed by atoms with E-state index in [4.69, 9.17) is 5.26 Å². The van der Waals surface area contributed by atoms with Crippen LogP contribution in [-0.2, 0) is 10.0 Å². The van der Waals surface area contributed by atoms with Crippen LogP contribution in [0.15, 0.2) is 53.4 Å². The lowest BCUT2D eigenvalue weighted by molar-refractivity contribution is 0.0951. The summed E-state index contributed by atoms with van der Waals surface area (Å²) in [4.78, 5) is 12.0. The fourth-order valence-corrected chi connectivity index (χ4v) is 3.17. The van der Waals surface area contributed by atoms with Crippen molar-refractivity contribution in [2.24, 2.45) is 0 Å². The Labute approximate surface area is 140 Å². The van der Waals surface area contributed by atoms with Gasteiger partial charge in [-0.1, -0.05) is 0 Å². The number of carbonyl (C=O) groups excluding carboxylic acids is 1. The zero-order valence-corrected chi connectivity index (χ0v) is 13.5. The maximum atomic E-state index is 12.3. The first kappa shape index (κ1) is 16.0. The number of hydrogen-bond donors (Lipinski definition) is 2. The number of hydrogen-bond acceptors (Lipinski definition) is 4. The van der Waals surface area contributed by atoms with E-state index in [1.54, 1.807) is 24.3 Å². The Morgan fingerprint density at radius 2 is 1.67 bits per heavy atom. The second-order valence-corrected chi connectivity index (χ2v) is 7.25. The minimum atomic E-state index is -3.74. The van der Waals surface area contributed by atoms with Crippen LogP contribution in [0.2, 0.25) is 0 Å². The highest BCUT2D eigenvalue weighted by Gasteiger charge is 2.23. The molecule has 1 amide bonds. The molecule has 2 aromatic rings. The Morgan fingerprint density at radius 1 is 1.04 bits per heavy atom. The van der Waals surface area contributed by atoms with E-state index in [1.807, 2.05) is 6.07 Å². The fourth-order valence-electron chi connectivity index (χ4n) is 2.11. The third-order valence-corrected chi connectivity index (χ3v) is 5.00. The van der Waals surface area contributed by atoms with Gasteiger partial charge in [-0.3, -0.25) is 9.52 Å². The number of nitrogens with one attached hydrogen (secondary N) is 2. The van der Waals surface area contributed by atoms with Crippen LogP contribution in [0.1, 0.15) is 28.8 Å². The zero-order valence-electron chi connectivity index (χ0n) is 12.7. The molecule has 1 saturated carbocycles. The minimum absolute atomic E-state index is 0.0667. The number of anilines is 1. The van der Waals surface area contributed by atoms with Crippen LogP contribution in [0, 0.1) is 11.3 Å². The summed E-state index contributed by atoms with van der Waals surface area (Å²) in [5, 5.41) is 11.6. The summed E-state index contributed by atoms with van der Waals surface area (Å²) in [6.07, 6.45) is 2.02. The van der Waals surface area contributed by atoms with Crippen molar-refractivity contribution in [1.29, 1.82) is 5.26 Å². The van der Waals surface area contributed by atoms with Crippen molar-refractivity contribution in [3.8, 4) is 6.07 Å². The maximum Gasteiger partial charge on any atom is 0.261 e. The molecule has 1 fully saturated rings. The summed E-state index contributed by atoms with van der Waals surface area (Å²) in [5.41, 5.74) is 1.24. The number of benzene rings is 2. The predicted octanol–water partition coefficient (Wildman–Crippen LogP) is 2.25. The predicted molar refractivity (Wildman–Crippen MR) is 88.9 cm³/mol. The number of carbonyl (C=O) groups is 1. The van der Waals surface area contributed by atoms with E-state index in [1.165, 1.54) is 24.3 Å². The van der Waals surface area contributed by atoms with Crippen LogP contribution in [-0.4, -0.2) is 20.4 Å². The van der Waals surface area contributed by atoms with Gasteiger partial charge in [0.25, 0.3) is 15.9 Å². The monoisotopic (exact) mass is 341 g/mol. The van der Waals surface area contributed by atoms with Crippen molar-refractivity contribution >= 4 is 21.6 Å². The fraction of sp³-hybridized carbons (Fsp3) is 0.176. The molecule has 0 bridgehead atoms. The lowest BCUT2D eigenvalue weighted by atomic mass is 10.2. The number of rotatable bonds is 5. The first-order valence-electron chi connectivity index (χ1n) is 7.42. The summed E-state index contributed by atoms with van der Waals surface area (Å²) in [6.45, 7) is 0. The summed E-state index contributed by atoms with van der Waals surface area (Å²) < 4.78 is 27.0. The van der Waals surface area contributed by atoms with Crippen LogP contribution in [0.25, 0.3) is 0 Å². The molecule has 0 radical (unpaired) electrons. The highest BCUT2D eigenvalue weighted by Crippen LogP contribution is 2.20. The molecule has 2 N–H and O–H groups in total. The standard InChI is InChI=1S/C17H15N3O3S/c18-11-12-1-9-16(10-2-12)24(22,23)20-15-5-3-13(4-6-15)17(21)19-14-7-8-14/h1-6,9-10,14,20H,7-8H2,(H,19,21). The summed E-state index contributed by atoms with van der Waals surface area (Å²) in [6, 6.07) is 14.1. The molecule has 0 spiro atoms. The maximum absolute atomic E-state index is 12.3. The summed E-state index contributed by atoms with van der Waals surface area (Å²) >= 11 is 0. The van der Waals surface area contributed by atoms with E-state index < -0.39 is 10.0 Å². The molecule has 1 aliphatic carbocycles. The lowest BCUT2D eigenvalue weighted by Gasteiger charge is -2.09. The van der Waals surface area contributed by atoms with Gasteiger partial charge in [0.2, 0.25) is 0 Å². The molecule has 0 atom stereocenters. The molecule has 0 heterocycles. The van der Waals surface area contributed by atoms with Crippen molar-refractivity contribution in [3.63, 3.8) is 0 Å². The van der Waals surface area contributed by atoms with Gasteiger partial charge in [0.1, 0.15) is 0 Å². The van der Waals surface area contributed by atoms with Crippen molar-refractivity contribution in [3.05, 3.63) is 59.7 Å². The van der Waals surface area contributed by atoms with Gasteiger partial charge < -0.3 is 5.32 Å². The number of amides is 1. The normalized spacial score (nSPS) is 13.8. The lowest BCUT2D eigenvalue weighted by Crippen LogP contribution is -2.25. The van der Waals surface area contributed by atoms with E-state index in [9.17, 15) is 13.2 Å². The molecule has 0 aliphatic heterocycles. The van der Waals surface area contributed by atoms with Crippen molar-refractivity contribution in [2.75, 3.05) is 4.72 Å². The quantitative estimate of drug-likeness (QED) is 0.871. The van der Waals surface area contributed by atoms with Crippen LogP contribution >= 0.6 is 0 Å². The van der Waals surface area contributed by atoms with Gasteiger partial charge in [-0.15, -0.1) is 0 Å². The van der Waals surface area contributed by atoms with Crippen LogP contribution in [0.5, 0.6) is 0 Å². The Hall–Kier alpha value is -2.85. The first-order chi connectivity index (χ1) is 11.5. The molecule has 24 heavy (non-hydrogen) atoms.